The zero-order valence-electron chi connectivity index (χ0n) is 31.6. The summed E-state index contributed by atoms with van der Waals surface area (Å²) in [6.45, 7) is 23.8. The highest BCUT2D eigenvalue weighted by Crippen LogP contribution is 2.45. The summed E-state index contributed by atoms with van der Waals surface area (Å²) in [5.41, 5.74) is 14.7. The molecule has 0 atom stereocenters. The molecule has 268 valence electrons. The highest BCUT2D eigenvalue weighted by molar-refractivity contribution is 9.10. The van der Waals surface area contributed by atoms with Crippen molar-refractivity contribution < 1.29 is 9.47 Å². The Labute approximate surface area is 320 Å². The number of nitrogens with two attached hydrogens (primary N) is 1. The lowest BCUT2D eigenvalue weighted by atomic mass is 9.87. The predicted molar refractivity (Wildman–Crippen MR) is 226 cm³/mol. The van der Waals surface area contributed by atoms with Gasteiger partial charge in [-0.05, 0) is 86.4 Å². The third-order valence-electron chi connectivity index (χ3n) is 9.75. The van der Waals surface area contributed by atoms with E-state index in [0.29, 0.717) is 0 Å². The van der Waals surface area contributed by atoms with Crippen molar-refractivity contribution in [3.05, 3.63) is 110 Å². The van der Waals surface area contributed by atoms with Crippen molar-refractivity contribution in [3.63, 3.8) is 0 Å². The summed E-state index contributed by atoms with van der Waals surface area (Å²) < 4.78 is 15.5. The van der Waals surface area contributed by atoms with Gasteiger partial charge in [-0.15, -0.1) is 22.7 Å². The van der Waals surface area contributed by atoms with Crippen LogP contribution in [0.5, 0.6) is 11.5 Å². The molecule has 3 N–H and O–H groups in total. The van der Waals surface area contributed by atoms with E-state index in [-0.39, 0.29) is 21.7 Å². The molecule has 0 fully saturated rings. The number of halogens is 1. The highest BCUT2D eigenvalue weighted by atomic mass is 79.9. The molecule has 0 amide bonds. The van der Waals surface area contributed by atoms with E-state index in [1.807, 2.05) is 12.1 Å². The van der Waals surface area contributed by atoms with Gasteiger partial charge >= 0.3 is 0 Å². The molecule has 0 bridgehead atoms. The van der Waals surface area contributed by atoms with Crippen molar-refractivity contribution in [1.29, 1.82) is 0 Å². The lowest BCUT2D eigenvalue weighted by Crippen LogP contribution is -2.18. The maximum absolute atomic E-state index is 5.93. The number of rotatable bonds is 2. The van der Waals surface area contributed by atoms with Crippen LogP contribution in [0.1, 0.15) is 91.5 Å². The van der Waals surface area contributed by atoms with Crippen LogP contribution in [0.3, 0.4) is 0 Å². The first-order valence-corrected chi connectivity index (χ1v) is 20.1. The summed E-state index contributed by atoms with van der Waals surface area (Å²) in [4.78, 5) is 0. The SMILES string of the molecule is CC(C)(C)c1ccc(N)cc1.CC(C)(C)c1ccc(Nc2csc3cc4c(cc23)OCC4(C)C)cc1.CC1(C)COc2cc3c(Br)csc3cc21. The fourth-order valence-electron chi connectivity index (χ4n) is 6.33. The maximum Gasteiger partial charge on any atom is 0.123 e. The monoisotopic (exact) mass is 782 g/mol. The fraction of sp³-hybridized carbons (Fsp3) is 0.364. The number of nitrogens with one attached hydrogen (secondary N) is 1. The second kappa shape index (κ2) is 13.8. The molecule has 4 aromatic carbocycles. The Kier molecular flexibility index (Phi) is 10.1. The number of anilines is 3. The zero-order valence-corrected chi connectivity index (χ0v) is 34.8. The molecule has 0 radical (unpaired) electrons. The molecule has 51 heavy (non-hydrogen) atoms. The lowest BCUT2D eigenvalue weighted by molar-refractivity contribution is 0.291. The van der Waals surface area contributed by atoms with Crippen LogP contribution in [0, 0.1) is 0 Å². The van der Waals surface area contributed by atoms with Gasteiger partial charge in [0.1, 0.15) is 11.5 Å². The molecule has 2 aliphatic heterocycles. The summed E-state index contributed by atoms with van der Waals surface area (Å²) in [5.74, 6) is 2.08. The zero-order chi connectivity index (χ0) is 36.9. The van der Waals surface area contributed by atoms with E-state index in [1.165, 1.54) is 46.9 Å². The second-order valence-electron chi connectivity index (χ2n) is 17.1. The number of ether oxygens (including phenoxy) is 2. The van der Waals surface area contributed by atoms with Gasteiger partial charge in [0, 0.05) is 68.7 Å². The Bertz CT molecular complexity index is 2160. The van der Waals surface area contributed by atoms with E-state index in [0.717, 1.165) is 41.8 Å². The van der Waals surface area contributed by atoms with Crippen molar-refractivity contribution >= 4 is 75.8 Å². The number of hydrogen-bond acceptors (Lipinski definition) is 6. The average Bonchev–Trinajstić information content (AvgIpc) is 3.80. The summed E-state index contributed by atoms with van der Waals surface area (Å²) in [6, 6.07) is 25.7. The Morgan fingerprint density at radius 2 is 1.10 bits per heavy atom. The van der Waals surface area contributed by atoms with Gasteiger partial charge in [0.25, 0.3) is 0 Å². The van der Waals surface area contributed by atoms with Crippen LogP contribution in [0.4, 0.5) is 17.1 Å². The van der Waals surface area contributed by atoms with Crippen LogP contribution in [-0.4, -0.2) is 13.2 Å². The van der Waals surface area contributed by atoms with E-state index < -0.39 is 0 Å². The van der Waals surface area contributed by atoms with Crippen LogP contribution < -0.4 is 20.5 Å². The molecule has 7 heteroatoms. The van der Waals surface area contributed by atoms with Crippen LogP contribution in [0.25, 0.3) is 20.2 Å². The van der Waals surface area contributed by atoms with Crippen molar-refractivity contribution in [2.45, 2.75) is 90.9 Å². The summed E-state index contributed by atoms with van der Waals surface area (Å²) >= 11 is 7.13. The van der Waals surface area contributed by atoms with E-state index >= 15 is 0 Å². The fourth-order valence-corrected chi connectivity index (χ4v) is 8.83. The molecule has 4 nitrogen and oxygen atoms in total. The first kappa shape index (κ1) is 37.2. The lowest BCUT2D eigenvalue weighted by Gasteiger charge is -2.19. The third kappa shape index (κ3) is 8.11. The maximum atomic E-state index is 5.93. The molecule has 2 aromatic heterocycles. The smallest absolute Gasteiger partial charge is 0.123 e. The van der Waals surface area contributed by atoms with Gasteiger partial charge in [0.05, 0.1) is 18.9 Å². The molecule has 2 aliphatic rings. The minimum Gasteiger partial charge on any atom is -0.492 e. The number of hydrogen-bond donors (Lipinski definition) is 2. The van der Waals surface area contributed by atoms with Gasteiger partial charge in [-0.1, -0.05) is 93.5 Å². The van der Waals surface area contributed by atoms with Gasteiger partial charge < -0.3 is 20.5 Å². The standard InChI is InChI=1S/C22H25NOS.C12H11BrOS.C10H15N/c1-21(2,3)14-6-8-15(9-7-14)23-18-12-25-20-11-17-19(10-16(18)20)24-13-22(17,4)5;1-12(2)6-14-10-3-7-9(13)5-15-11(7)4-8(10)12;1-10(2,3)8-4-6-9(11)7-5-8/h6-12,23H,13H2,1-5H3;3-5H,6H2,1-2H3;4-7H,11H2,1-3H3. The van der Waals surface area contributed by atoms with Crippen molar-refractivity contribution in [2.75, 3.05) is 24.3 Å². The molecule has 0 spiro atoms. The predicted octanol–water partition coefficient (Wildman–Crippen LogP) is 13.5. The highest BCUT2D eigenvalue weighted by Gasteiger charge is 2.33. The van der Waals surface area contributed by atoms with Crippen LogP contribution in [-0.2, 0) is 21.7 Å². The number of benzene rings is 4. The molecule has 0 aliphatic carbocycles. The Morgan fingerprint density at radius 3 is 1.61 bits per heavy atom. The van der Waals surface area contributed by atoms with Crippen LogP contribution in [0.15, 0.2) is 88.0 Å². The van der Waals surface area contributed by atoms with Crippen molar-refractivity contribution in [3.8, 4) is 11.5 Å². The van der Waals surface area contributed by atoms with Crippen molar-refractivity contribution in [1.82, 2.24) is 0 Å². The molecule has 4 heterocycles. The minimum atomic E-state index is 0.101. The topological polar surface area (TPSA) is 56.5 Å². The van der Waals surface area contributed by atoms with Gasteiger partial charge in [-0.25, -0.2) is 0 Å². The Hall–Kier alpha value is -3.52. The van der Waals surface area contributed by atoms with Gasteiger partial charge in [0.2, 0.25) is 0 Å². The van der Waals surface area contributed by atoms with Crippen molar-refractivity contribution in [2.24, 2.45) is 0 Å². The summed E-state index contributed by atoms with van der Waals surface area (Å²) in [5, 5.41) is 10.4. The van der Waals surface area contributed by atoms with E-state index in [4.69, 9.17) is 15.2 Å². The average molecular weight is 784 g/mol. The number of thiophene rings is 2. The van der Waals surface area contributed by atoms with E-state index in [2.05, 4.69) is 162 Å². The quantitative estimate of drug-likeness (QED) is 0.172. The van der Waals surface area contributed by atoms with E-state index in [9.17, 15) is 0 Å². The molecule has 0 saturated carbocycles. The molecule has 0 unspecified atom stereocenters. The Morgan fingerprint density at radius 1 is 0.647 bits per heavy atom. The second-order valence-corrected chi connectivity index (χ2v) is 19.8. The normalized spacial score (nSPS) is 15.5. The molecule has 6 aromatic rings. The van der Waals surface area contributed by atoms with Gasteiger partial charge in [-0.3, -0.25) is 0 Å². The van der Waals surface area contributed by atoms with Crippen LogP contribution in [0.2, 0.25) is 0 Å². The first-order chi connectivity index (χ1) is 23.8. The van der Waals surface area contributed by atoms with Crippen LogP contribution >= 0.6 is 38.6 Å². The minimum absolute atomic E-state index is 0.101. The molecular formula is C44H51BrN2O2S2. The number of nitrogen functional groups attached to an aromatic ring is 1. The largest absolute Gasteiger partial charge is 0.492 e. The molecular weight excluding hydrogens is 733 g/mol. The third-order valence-corrected chi connectivity index (χ3v) is 12.6. The number of fused-ring (bicyclic) bond motifs is 4. The Balaban J connectivity index is 0.000000146. The van der Waals surface area contributed by atoms with E-state index in [1.54, 1.807) is 22.7 Å². The van der Waals surface area contributed by atoms with Gasteiger partial charge in [0.15, 0.2) is 0 Å². The first-order valence-electron chi connectivity index (χ1n) is 17.6. The molecule has 0 saturated heterocycles. The molecule has 8 rings (SSSR count). The summed E-state index contributed by atoms with van der Waals surface area (Å²) in [6.07, 6.45) is 0. The summed E-state index contributed by atoms with van der Waals surface area (Å²) in [7, 11) is 0. The van der Waals surface area contributed by atoms with Gasteiger partial charge in [-0.2, -0.15) is 0 Å².